The Bertz CT molecular complexity index is 561. The molecule has 1 nitrogen and oxygen atoms in total. The molecule has 1 aromatic carbocycles. The highest BCUT2D eigenvalue weighted by Gasteiger charge is 2.11. The van der Waals surface area contributed by atoms with Gasteiger partial charge in [0, 0.05) is 17.0 Å². The van der Waals surface area contributed by atoms with Crippen molar-refractivity contribution in [2.75, 3.05) is 0 Å². The molecule has 0 atom stereocenters. The van der Waals surface area contributed by atoms with Crippen LogP contribution in [0.3, 0.4) is 0 Å². The van der Waals surface area contributed by atoms with Crippen molar-refractivity contribution in [2.24, 2.45) is 0 Å². The van der Waals surface area contributed by atoms with Crippen LogP contribution in [0.2, 0.25) is 0 Å². The zero-order valence-electron chi connectivity index (χ0n) is 11.4. The number of benzene rings is 1. The molecule has 2 rings (SSSR count). The fourth-order valence-corrected chi connectivity index (χ4v) is 2.64. The summed E-state index contributed by atoms with van der Waals surface area (Å²) in [6, 6.07) is 6.34. The Labute approximate surface area is 114 Å². The first-order chi connectivity index (χ1) is 8.69. The Morgan fingerprint density at radius 1 is 1.22 bits per heavy atom. The van der Waals surface area contributed by atoms with Crippen LogP contribution in [0.5, 0.6) is 0 Å². The number of unbranched alkanes of at least 4 members (excludes halogenated alkanes) is 1. The lowest BCUT2D eigenvalue weighted by atomic mass is 9.96. The molecule has 0 radical (unpaired) electrons. The maximum atomic E-state index is 6.01. The van der Waals surface area contributed by atoms with Crippen LogP contribution in [0.15, 0.2) is 18.2 Å². The molecule has 2 heteroatoms. The van der Waals surface area contributed by atoms with E-state index in [1.54, 1.807) is 0 Å². The smallest absolute Gasteiger partial charge is 0.0752 e. The Morgan fingerprint density at radius 2 is 2.00 bits per heavy atom. The molecule has 0 fully saturated rings. The van der Waals surface area contributed by atoms with Gasteiger partial charge in [0.05, 0.1) is 5.52 Å². The van der Waals surface area contributed by atoms with E-state index in [1.807, 2.05) is 0 Å². The topological polar surface area (TPSA) is 12.9 Å². The second-order valence-electron chi connectivity index (χ2n) is 4.85. The van der Waals surface area contributed by atoms with E-state index in [1.165, 1.54) is 29.4 Å². The maximum absolute atomic E-state index is 6.01. The van der Waals surface area contributed by atoms with Gasteiger partial charge in [-0.25, -0.2) is 0 Å². The molecule has 0 aliphatic heterocycles. The van der Waals surface area contributed by atoms with Crippen molar-refractivity contribution in [3.8, 4) is 0 Å². The van der Waals surface area contributed by atoms with Gasteiger partial charge in [-0.3, -0.25) is 4.98 Å². The summed E-state index contributed by atoms with van der Waals surface area (Å²) < 4.78 is 0. The molecule has 0 bridgehead atoms. The van der Waals surface area contributed by atoms with Gasteiger partial charge in [-0.05, 0) is 43.4 Å². The minimum atomic E-state index is 0.528. The molecule has 0 amide bonds. The van der Waals surface area contributed by atoms with Gasteiger partial charge in [0.15, 0.2) is 0 Å². The standard InChI is InChI=1S/C16H20ClN/c1-4-5-8-14-11(2)12(3)18-16-13(10-17)7-6-9-15(14)16/h6-7,9H,4-5,8,10H2,1-3H3. The third kappa shape index (κ3) is 2.37. The fourth-order valence-electron chi connectivity index (χ4n) is 2.42. The van der Waals surface area contributed by atoms with Crippen LogP contribution < -0.4 is 0 Å². The monoisotopic (exact) mass is 261 g/mol. The Balaban J connectivity index is 2.69. The molecule has 0 unspecified atom stereocenters. The van der Waals surface area contributed by atoms with E-state index in [4.69, 9.17) is 16.6 Å². The van der Waals surface area contributed by atoms with Gasteiger partial charge in [-0.1, -0.05) is 31.5 Å². The first kappa shape index (κ1) is 13.4. The van der Waals surface area contributed by atoms with Crippen molar-refractivity contribution < 1.29 is 0 Å². The molecule has 0 N–H and O–H groups in total. The number of nitrogens with zero attached hydrogens (tertiary/aromatic N) is 1. The van der Waals surface area contributed by atoms with Crippen LogP contribution in [-0.2, 0) is 12.3 Å². The molecule has 0 saturated carbocycles. The number of para-hydroxylation sites is 1. The van der Waals surface area contributed by atoms with Gasteiger partial charge in [-0.15, -0.1) is 11.6 Å². The maximum Gasteiger partial charge on any atom is 0.0752 e. The zero-order valence-corrected chi connectivity index (χ0v) is 12.1. The summed E-state index contributed by atoms with van der Waals surface area (Å²) in [6.45, 7) is 6.51. The molecule has 0 spiro atoms. The third-order valence-corrected chi connectivity index (χ3v) is 3.93. The summed E-state index contributed by atoms with van der Waals surface area (Å²) in [5.41, 5.74) is 6.14. The van der Waals surface area contributed by atoms with Crippen molar-refractivity contribution in [1.82, 2.24) is 4.98 Å². The minimum Gasteiger partial charge on any atom is -0.253 e. The average Bonchev–Trinajstić information content (AvgIpc) is 2.39. The predicted molar refractivity (Wildman–Crippen MR) is 79.4 cm³/mol. The number of alkyl halides is 1. The van der Waals surface area contributed by atoms with Gasteiger partial charge >= 0.3 is 0 Å². The SMILES string of the molecule is CCCCc1c(C)c(C)nc2c(CCl)cccc12. The number of halogens is 1. The molecular weight excluding hydrogens is 242 g/mol. The highest BCUT2D eigenvalue weighted by atomic mass is 35.5. The van der Waals surface area contributed by atoms with Gasteiger partial charge in [0.25, 0.3) is 0 Å². The quantitative estimate of drug-likeness (QED) is 0.711. The average molecular weight is 262 g/mol. The second kappa shape index (κ2) is 5.71. The largest absolute Gasteiger partial charge is 0.253 e. The van der Waals surface area contributed by atoms with E-state index in [0.29, 0.717) is 5.88 Å². The van der Waals surface area contributed by atoms with E-state index in [9.17, 15) is 0 Å². The first-order valence-electron chi connectivity index (χ1n) is 6.62. The minimum absolute atomic E-state index is 0.528. The number of rotatable bonds is 4. The fraction of sp³-hybridized carbons (Fsp3) is 0.438. The molecule has 0 aliphatic carbocycles. The Kier molecular flexibility index (Phi) is 4.23. The molecule has 0 aliphatic rings. The molecular formula is C16H20ClN. The lowest BCUT2D eigenvalue weighted by molar-refractivity contribution is 0.793. The van der Waals surface area contributed by atoms with Crippen molar-refractivity contribution in [3.05, 3.63) is 40.6 Å². The predicted octanol–water partition coefficient (Wildman–Crippen LogP) is 4.93. The van der Waals surface area contributed by atoms with Crippen molar-refractivity contribution in [3.63, 3.8) is 0 Å². The number of pyridine rings is 1. The van der Waals surface area contributed by atoms with Gasteiger partial charge in [0.2, 0.25) is 0 Å². The van der Waals surface area contributed by atoms with Crippen LogP contribution in [0.4, 0.5) is 0 Å². The van der Waals surface area contributed by atoms with E-state index in [-0.39, 0.29) is 0 Å². The van der Waals surface area contributed by atoms with Crippen molar-refractivity contribution in [2.45, 2.75) is 45.9 Å². The van der Waals surface area contributed by atoms with E-state index in [2.05, 4.69) is 39.0 Å². The molecule has 0 saturated heterocycles. The van der Waals surface area contributed by atoms with E-state index >= 15 is 0 Å². The Hall–Kier alpha value is -1.08. The summed E-state index contributed by atoms with van der Waals surface area (Å²) in [5.74, 6) is 0.528. The highest BCUT2D eigenvalue weighted by molar-refractivity contribution is 6.18. The Morgan fingerprint density at radius 3 is 2.67 bits per heavy atom. The third-order valence-electron chi connectivity index (χ3n) is 3.64. The highest BCUT2D eigenvalue weighted by Crippen LogP contribution is 2.27. The zero-order chi connectivity index (χ0) is 13.1. The summed E-state index contributed by atoms with van der Waals surface area (Å²) in [5, 5.41) is 1.28. The van der Waals surface area contributed by atoms with E-state index < -0.39 is 0 Å². The van der Waals surface area contributed by atoms with Gasteiger partial charge in [0.1, 0.15) is 0 Å². The lowest BCUT2D eigenvalue weighted by Crippen LogP contribution is -2.00. The first-order valence-corrected chi connectivity index (χ1v) is 7.16. The summed E-state index contributed by atoms with van der Waals surface area (Å²) in [6.07, 6.45) is 3.58. The summed E-state index contributed by atoms with van der Waals surface area (Å²) in [4.78, 5) is 4.73. The van der Waals surface area contributed by atoms with E-state index in [0.717, 1.165) is 23.2 Å². The number of hydrogen-bond donors (Lipinski definition) is 0. The number of hydrogen-bond acceptors (Lipinski definition) is 1. The summed E-state index contributed by atoms with van der Waals surface area (Å²) >= 11 is 6.01. The number of aromatic nitrogens is 1. The summed E-state index contributed by atoms with van der Waals surface area (Å²) in [7, 11) is 0. The lowest BCUT2D eigenvalue weighted by Gasteiger charge is -2.14. The van der Waals surface area contributed by atoms with Gasteiger partial charge in [-0.2, -0.15) is 0 Å². The van der Waals surface area contributed by atoms with Crippen molar-refractivity contribution >= 4 is 22.5 Å². The molecule has 1 heterocycles. The number of aryl methyl sites for hydroxylation is 2. The molecule has 2 aromatic rings. The van der Waals surface area contributed by atoms with Gasteiger partial charge < -0.3 is 0 Å². The normalized spacial score (nSPS) is 11.1. The molecule has 96 valence electrons. The van der Waals surface area contributed by atoms with Crippen LogP contribution in [0, 0.1) is 13.8 Å². The molecule has 18 heavy (non-hydrogen) atoms. The van der Waals surface area contributed by atoms with Crippen molar-refractivity contribution in [1.29, 1.82) is 0 Å². The van der Waals surface area contributed by atoms with Crippen LogP contribution in [-0.4, -0.2) is 4.98 Å². The van der Waals surface area contributed by atoms with Crippen LogP contribution in [0.25, 0.3) is 10.9 Å². The second-order valence-corrected chi connectivity index (χ2v) is 5.12. The number of fused-ring (bicyclic) bond motifs is 1. The van der Waals surface area contributed by atoms with Crippen LogP contribution >= 0.6 is 11.6 Å². The van der Waals surface area contributed by atoms with Crippen LogP contribution in [0.1, 0.15) is 42.1 Å². The molecule has 1 aromatic heterocycles.